The first-order valence-corrected chi connectivity index (χ1v) is 4.88. The maximum atomic E-state index is 11.6. The lowest BCUT2D eigenvalue weighted by Gasteiger charge is -2.34. The summed E-state index contributed by atoms with van der Waals surface area (Å²) in [6, 6.07) is -0.336. The van der Waals surface area contributed by atoms with E-state index in [1.165, 1.54) is 0 Å². The van der Waals surface area contributed by atoms with Gasteiger partial charge in [-0.15, -0.1) is 0 Å². The van der Waals surface area contributed by atoms with E-state index in [1.807, 2.05) is 0 Å². The van der Waals surface area contributed by atoms with E-state index in [9.17, 15) is 9.59 Å². The molecule has 0 spiro atoms. The third-order valence-corrected chi connectivity index (χ3v) is 2.29. The number of rotatable bonds is 4. The molecule has 1 saturated heterocycles. The fourth-order valence-corrected chi connectivity index (χ4v) is 1.61. The van der Waals surface area contributed by atoms with Gasteiger partial charge in [-0.25, -0.2) is 0 Å². The van der Waals surface area contributed by atoms with Crippen LogP contribution in [0.25, 0.3) is 0 Å². The molecule has 1 fully saturated rings. The van der Waals surface area contributed by atoms with Crippen LogP contribution >= 0.6 is 0 Å². The van der Waals surface area contributed by atoms with Gasteiger partial charge in [0.25, 0.3) is 0 Å². The highest BCUT2D eigenvalue weighted by Crippen LogP contribution is 2.10. The molecule has 2 N–H and O–H groups in total. The first-order valence-electron chi connectivity index (χ1n) is 4.88. The van der Waals surface area contributed by atoms with Crippen LogP contribution < -0.4 is 5.32 Å². The van der Waals surface area contributed by atoms with E-state index in [0.717, 1.165) is 0 Å². The van der Waals surface area contributed by atoms with E-state index < -0.39 is 5.97 Å². The zero-order valence-electron chi connectivity index (χ0n) is 8.73. The van der Waals surface area contributed by atoms with Gasteiger partial charge < -0.3 is 20.1 Å². The molecule has 0 radical (unpaired) electrons. The number of aliphatic carboxylic acids is 1. The number of carbonyl (C=O) groups is 2. The highest BCUT2D eigenvalue weighted by molar-refractivity contribution is 5.79. The van der Waals surface area contributed by atoms with Gasteiger partial charge in [-0.2, -0.15) is 0 Å². The first kappa shape index (κ1) is 11.9. The van der Waals surface area contributed by atoms with Crippen molar-refractivity contribution in [2.24, 2.45) is 0 Å². The molecule has 0 aromatic carbocycles. The summed E-state index contributed by atoms with van der Waals surface area (Å²) in [6.45, 7) is 1.49. The van der Waals surface area contributed by atoms with Gasteiger partial charge in [-0.1, -0.05) is 0 Å². The molecule has 6 heteroatoms. The summed E-state index contributed by atoms with van der Waals surface area (Å²) in [5.41, 5.74) is 0. The third-order valence-electron chi connectivity index (χ3n) is 2.29. The average molecular weight is 216 g/mol. The summed E-state index contributed by atoms with van der Waals surface area (Å²) in [6.07, 6.45) is -0.0601. The molecular weight excluding hydrogens is 200 g/mol. The number of ether oxygens (including phenoxy) is 1. The van der Waals surface area contributed by atoms with Gasteiger partial charge in [0, 0.05) is 6.54 Å². The van der Waals surface area contributed by atoms with Crippen molar-refractivity contribution in [3.8, 4) is 0 Å². The minimum Gasteiger partial charge on any atom is -0.481 e. The molecule has 0 aliphatic carbocycles. The van der Waals surface area contributed by atoms with Crippen LogP contribution in [-0.2, 0) is 14.3 Å². The molecule has 1 atom stereocenters. The summed E-state index contributed by atoms with van der Waals surface area (Å²) in [7, 11) is 1.69. The molecule has 1 aliphatic heterocycles. The van der Waals surface area contributed by atoms with Crippen LogP contribution in [0.2, 0.25) is 0 Å². The maximum absolute atomic E-state index is 11.6. The Morgan fingerprint density at radius 3 is 2.93 bits per heavy atom. The van der Waals surface area contributed by atoms with Crippen LogP contribution in [-0.4, -0.2) is 61.3 Å². The zero-order valence-corrected chi connectivity index (χ0v) is 8.73. The van der Waals surface area contributed by atoms with Gasteiger partial charge in [0.05, 0.1) is 32.2 Å². The number of carboxylic acids is 1. The highest BCUT2D eigenvalue weighted by atomic mass is 16.5. The molecule has 1 amide bonds. The van der Waals surface area contributed by atoms with Crippen molar-refractivity contribution < 1.29 is 19.4 Å². The lowest BCUT2D eigenvalue weighted by Crippen LogP contribution is -2.51. The van der Waals surface area contributed by atoms with E-state index >= 15 is 0 Å². The third kappa shape index (κ3) is 3.49. The fraction of sp³-hybridized carbons (Fsp3) is 0.778. The molecule has 1 heterocycles. The summed E-state index contributed by atoms with van der Waals surface area (Å²) in [5.74, 6) is -0.986. The Morgan fingerprint density at radius 1 is 1.60 bits per heavy atom. The normalized spacial score (nSPS) is 21.4. The molecule has 0 aromatic heterocycles. The Kier molecular flexibility index (Phi) is 4.51. The molecule has 1 rings (SSSR count). The van der Waals surface area contributed by atoms with Crippen molar-refractivity contribution in [1.82, 2.24) is 10.2 Å². The number of hydrogen-bond acceptors (Lipinski definition) is 4. The zero-order chi connectivity index (χ0) is 11.3. The molecule has 1 aliphatic rings. The predicted molar refractivity (Wildman–Crippen MR) is 52.5 cm³/mol. The number of nitrogens with one attached hydrogen (secondary N) is 1. The second kappa shape index (κ2) is 5.67. The number of nitrogens with zero attached hydrogens (tertiary/aromatic N) is 1. The minimum atomic E-state index is -0.909. The van der Waals surface area contributed by atoms with E-state index in [1.54, 1.807) is 11.9 Å². The second-order valence-corrected chi connectivity index (χ2v) is 3.44. The van der Waals surface area contributed by atoms with Crippen LogP contribution in [0.1, 0.15) is 6.42 Å². The Labute approximate surface area is 88.2 Å². The first-order chi connectivity index (χ1) is 7.15. The van der Waals surface area contributed by atoms with Crippen molar-refractivity contribution in [3.63, 3.8) is 0 Å². The second-order valence-electron chi connectivity index (χ2n) is 3.44. The summed E-state index contributed by atoms with van der Waals surface area (Å²) < 4.78 is 5.16. The molecule has 86 valence electrons. The quantitative estimate of drug-likeness (QED) is 0.624. The molecule has 0 aromatic rings. The average Bonchev–Trinajstić information content (AvgIpc) is 2.18. The van der Waals surface area contributed by atoms with E-state index in [-0.39, 0.29) is 24.9 Å². The Bertz CT molecular complexity index is 244. The standard InChI is InChI=1S/C9H16N2O4/c1-10-5-8(12)11-2-3-15-6-7(11)4-9(13)14/h7,10H,2-6H2,1H3,(H,13,14). The number of likely N-dealkylation sites (N-methyl/N-ethyl adjacent to an activating group) is 1. The summed E-state index contributed by atoms with van der Waals surface area (Å²) >= 11 is 0. The van der Waals surface area contributed by atoms with Gasteiger partial charge in [0.1, 0.15) is 0 Å². The fourth-order valence-electron chi connectivity index (χ4n) is 1.61. The highest BCUT2D eigenvalue weighted by Gasteiger charge is 2.28. The summed E-state index contributed by atoms with van der Waals surface area (Å²) in [5, 5.41) is 11.4. The molecule has 0 saturated carbocycles. The molecule has 6 nitrogen and oxygen atoms in total. The number of morpholine rings is 1. The monoisotopic (exact) mass is 216 g/mol. The molecule has 1 unspecified atom stereocenters. The van der Waals surface area contributed by atoms with Crippen molar-refractivity contribution in [2.45, 2.75) is 12.5 Å². The van der Waals surface area contributed by atoms with E-state index in [0.29, 0.717) is 19.8 Å². The Hall–Kier alpha value is -1.14. The number of carbonyl (C=O) groups excluding carboxylic acids is 1. The largest absolute Gasteiger partial charge is 0.481 e. The van der Waals surface area contributed by atoms with Gasteiger partial charge in [0.15, 0.2) is 0 Å². The maximum Gasteiger partial charge on any atom is 0.305 e. The lowest BCUT2D eigenvalue weighted by molar-refractivity contribution is -0.145. The van der Waals surface area contributed by atoms with Gasteiger partial charge in [-0.05, 0) is 7.05 Å². The molecule has 15 heavy (non-hydrogen) atoms. The van der Waals surface area contributed by atoms with Gasteiger partial charge in [-0.3, -0.25) is 9.59 Å². The van der Waals surface area contributed by atoms with Crippen molar-refractivity contribution in [1.29, 1.82) is 0 Å². The molecular formula is C9H16N2O4. The molecule has 0 bridgehead atoms. The van der Waals surface area contributed by atoms with Crippen molar-refractivity contribution in [3.05, 3.63) is 0 Å². The number of hydrogen-bond donors (Lipinski definition) is 2. The lowest BCUT2D eigenvalue weighted by atomic mass is 10.1. The van der Waals surface area contributed by atoms with Crippen LogP contribution in [0.3, 0.4) is 0 Å². The Morgan fingerprint density at radius 2 is 2.33 bits per heavy atom. The number of amides is 1. The van der Waals surface area contributed by atoms with Gasteiger partial charge in [0.2, 0.25) is 5.91 Å². The smallest absolute Gasteiger partial charge is 0.305 e. The van der Waals surface area contributed by atoms with E-state index in [4.69, 9.17) is 9.84 Å². The van der Waals surface area contributed by atoms with E-state index in [2.05, 4.69) is 5.32 Å². The van der Waals surface area contributed by atoms with Gasteiger partial charge >= 0.3 is 5.97 Å². The summed E-state index contributed by atoms with van der Waals surface area (Å²) in [4.78, 5) is 23.8. The number of carboxylic acid groups (broad SMARTS) is 1. The minimum absolute atomic E-state index is 0.0601. The van der Waals surface area contributed by atoms with Crippen molar-refractivity contribution >= 4 is 11.9 Å². The van der Waals surface area contributed by atoms with Crippen LogP contribution in [0.5, 0.6) is 0 Å². The SMILES string of the molecule is CNCC(=O)N1CCOCC1CC(=O)O. The van der Waals surface area contributed by atoms with Crippen LogP contribution in [0.15, 0.2) is 0 Å². The van der Waals surface area contributed by atoms with Crippen molar-refractivity contribution in [2.75, 3.05) is 33.4 Å². The topological polar surface area (TPSA) is 78.9 Å². The Balaban J connectivity index is 2.56. The van der Waals surface area contributed by atoms with Crippen LogP contribution in [0, 0.1) is 0 Å². The predicted octanol–water partition coefficient (Wildman–Crippen LogP) is -1.09. The van der Waals surface area contributed by atoms with Crippen LogP contribution in [0.4, 0.5) is 0 Å².